The zero-order valence-electron chi connectivity index (χ0n) is 12.7. The third-order valence-electron chi connectivity index (χ3n) is 4.01. The molecule has 21 heavy (non-hydrogen) atoms. The average Bonchev–Trinajstić information content (AvgIpc) is 2.80. The van der Waals surface area contributed by atoms with E-state index >= 15 is 0 Å². The van der Waals surface area contributed by atoms with Crippen LogP contribution in [0.3, 0.4) is 0 Å². The highest BCUT2D eigenvalue weighted by Crippen LogP contribution is 2.21. The number of nitrogens with zero attached hydrogens (tertiary/aromatic N) is 1. The number of nitrogens with one attached hydrogen (secondary N) is 1. The fraction of sp³-hybridized carbons (Fsp3) is 0.500. The van der Waals surface area contributed by atoms with Crippen LogP contribution in [0.15, 0.2) is 18.2 Å². The molecule has 0 spiro atoms. The second kappa shape index (κ2) is 6.61. The Morgan fingerprint density at radius 3 is 2.86 bits per heavy atom. The Labute approximate surface area is 125 Å². The minimum absolute atomic E-state index is 0.0735. The highest BCUT2D eigenvalue weighted by Gasteiger charge is 2.28. The number of carbonyl (C=O) groups is 2. The summed E-state index contributed by atoms with van der Waals surface area (Å²) in [7, 11) is 0. The van der Waals surface area contributed by atoms with Crippen LogP contribution in [0.2, 0.25) is 0 Å². The summed E-state index contributed by atoms with van der Waals surface area (Å²) in [5, 5.41) is 2.87. The standard InChI is InChI=1S/C16H23N3O2/c1-3-12-9-16(21)19(10-12)7-6-15(20)18-14-5-4-13(17)8-11(14)2/h4-5,8,12H,3,6-7,9-10,17H2,1-2H3,(H,18,20). The molecule has 5 nitrogen and oxygen atoms in total. The molecule has 0 aromatic heterocycles. The van der Waals surface area contributed by atoms with E-state index < -0.39 is 0 Å². The Balaban J connectivity index is 1.84. The summed E-state index contributed by atoms with van der Waals surface area (Å²) in [6.07, 6.45) is 1.96. The normalized spacial score (nSPS) is 18.1. The summed E-state index contributed by atoms with van der Waals surface area (Å²) in [5.74, 6) is 0.536. The highest BCUT2D eigenvalue weighted by atomic mass is 16.2. The highest BCUT2D eigenvalue weighted by molar-refractivity contribution is 5.92. The fourth-order valence-electron chi connectivity index (χ4n) is 2.62. The molecule has 1 unspecified atom stereocenters. The van der Waals surface area contributed by atoms with E-state index in [2.05, 4.69) is 12.2 Å². The van der Waals surface area contributed by atoms with E-state index in [4.69, 9.17) is 5.73 Å². The number of hydrogen-bond acceptors (Lipinski definition) is 3. The third-order valence-corrected chi connectivity index (χ3v) is 4.01. The van der Waals surface area contributed by atoms with Gasteiger partial charge in [-0.05, 0) is 36.6 Å². The summed E-state index contributed by atoms with van der Waals surface area (Å²) in [5.41, 5.74) is 8.07. The Kier molecular flexibility index (Phi) is 4.83. The SMILES string of the molecule is CCC1CC(=O)N(CCC(=O)Nc2ccc(N)cc2C)C1. The summed E-state index contributed by atoms with van der Waals surface area (Å²) >= 11 is 0. The molecule has 1 atom stereocenters. The Morgan fingerprint density at radius 2 is 2.24 bits per heavy atom. The van der Waals surface area contributed by atoms with Gasteiger partial charge in [0.15, 0.2) is 0 Å². The summed E-state index contributed by atoms with van der Waals surface area (Å²) in [4.78, 5) is 25.6. The van der Waals surface area contributed by atoms with Crippen molar-refractivity contribution >= 4 is 23.2 Å². The van der Waals surface area contributed by atoms with Crippen LogP contribution in [-0.4, -0.2) is 29.8 Å². The van der Waals surface area contributed by atoms with Gasteiger partial charge in [0.05, 0.1) is 0 Å². The van der Waals surface area contributed by atoms with E-state index in [1.807, 2.05) is 13.0 Å². The zero-order chi connectivity index (χ0) is 15.4. The molecule has 1 aliphatic heterocycles. The lowest BCUT2D eigenvalue weighted by molar-refractivity contribution is -0.128. The maximum absolute atomic E-state index is 12.0. The number of nitrogen functional groups attached to an aromatic ring is 1. The summed E-state index contributed by atoms with van der Waals surface area (Å²) < 4.78 is 0. The van der Waals surface area contributed by atoms with Crippen LogP contribution >= 0.6 is 0 Å². The van der Waals surface area contributed by atoms with Crippen LogP contribution in [0.25, 0.3) is 0 Å². The largest absolute Gasteiger partial charge is 0.399 e. The lowest BCUT2D eigenvalue weighted by Gasteiger charge is -2.16. The molecule has 1 aromatic rings. The van der Waals surface area contributed by atoms with Crippen molar-refractivity contribution in [1.82, 2.24) is 4.90 Å². The molecular weight excluding hydrogens is 266 g/mol. The first-order chi connectivity index (χ1) is 9.99. The quantitative estimate of drug-likeness (QED) is 0.816. The van der Waals surface area contributed by atoms with Gasteiger partial charge in [-0.25, -0.2) is 0 Å². The number of hydrogen-bond donors (Lipinski definition) is 2. The summed E-state index contributed by atoms with van der Waals surface area (Å²) in [6.45, 7) is 5.28. The van der Waals surface area contributed by atoms with Crippen molar-refractivity contribution < 1.29 is 9.59 Å². The molecule has 3 N–H and O–H groups in total. The lowest BCUT2D eigenvalue weighted by atomic mass is 10.1. The second-order valence-electron chi connectivity index (χ2n) is 5.69. The Morgan fingerprint density at radius 1 is 1.48 bits per heavy atom. The minimum Gasteiger partial charge on any atom is -0.399 e. The van der Waals surface area contributed by atoms with Crippen LogP contribution in [0, 0.1) is 12.8 Å². The van der Waals surface area contributed by atoms with Crippen LogP contribution in [0.5, 0.6) is 0 Å². The van der Waals surface area contributed by atoms with Crippen molar-refractivity contribution in [2.75, 3.05) is 24.1 Å². The number of benzene rings is 1. The van der Waals surface area contributed by atoms with Gasteiger partial charge >= 0.3 is 0 Å². The van der Waals surface area contributed by atoms with Crippen molar-refractivity contribution in [2.45, 2.75) is 33.1 Å². The van der Waals surface area contributed by atoms with E-state index in [9.17, 15) is 9.59 Å². The molecule has 1 aliphatic rings. The van der Waals surface area contributed by atoms with E-state index in [0.29, 0.717) is 31.0 Å². The minimum atomic E-state index is -0.0735. The van der Waals surface area contributed by atoms with Gasteiger partial charge in [0, 0.05) is 37.3 Å². The van der Waals surface area contributed by atoms with Gasteiger partial charge in [0.25, 0.3) is 0 Å². The van der Waals surface area contributed by atoms with Crippen LogP contribution in [-0.2, 0) is 9.59 Å². The Hall–Kier alpha value is -2.04. The molecule has 1 fully saturated rings. The number of rotatable bonds is 5. The van der Waals surface area contributed by atoms with Crippen LogP contribution in [0.4, 0.5) is 11.4 Å². The molecule has 0 bridgehead atoms. The summed E-state index contributed by atoms with van der Waals surface area (Å²) in [6, 6.07) is 5.39. The molecule has 5 heteroatoms. The molecule has 0 aliphatic carbocycles. The van der Waals surface area contributed by atoms with Crippen molar-refractivity contribution in [1.29, 1.82) is 0 Å². The molecule has 1 saturated heterocycles. The van der Waals surface area contributed by atoms with Crippen molar-refractivity contribution in [3.8, 4) is 0 Å². The smallest absolute Gasteiger partial charge is 0.226 e. The van der Waals surface area contributed by atoms with Gasteiger partial charge in [-0.3, -0.25) is 9.59 Å². The van der Waals surface area contributed by atoms with Gasteiger partial charge < -0.3 is 16.0 Å². The molecule has 1 aromatic carbocycles. The topological polar surface area (TPSA) is 75.4 Å². The van der Waals surface area contributed by atoms with Gasteiger partial charge in [0.2, 0.25) is 11.8 Å². The van der Waals surface area contributed by atoms with E-state index in [1.54, 1.807) is 17.0 Å². The number of nitrogens with two attached hydrogens (primary N) is 1. The van der Waals surface area contributed by atoms with E-state index in [1.165, 1.54) is 0 Å². The number of carbonyl (C=O) groups excluding carboxylic acids is 2. The molecule has 0 radical (unpaired) electrons. The molecule has 2 rings (SSSR count). The van der Waals surface area contributed by atoms with Crippen LogP contribution < -0.4 is 11.1 Å². The van der Waals surface area contributed by atoms with E-state index in [0.717, 1.165) is 24.2 Å². The number of likely N-dealkylation sites (tertiary alicyclic amines) is 1. The predicted molar refractivity (Wildman–Crippen MR) is 83.8 cm³/mol. The molecule has 0 saturated carbocycles. The number of anilines is 2. The van der Waals surface area contributed by atoms with Crippen LogP contribution in [0.1, 0.15) is 31.7 Å². The van der Waals surface area contributed by atoms with Crippen molar-refractivity contribution in [2.24, 2.45) is 5.92 Å². The first-order valence-electron chi connectivity index (χ1n) is 7.43. The van der Waals surface area contributed by atoms with Gasteiger partial charge in [0.1, 0.15) is 0 Å². The lowest BCUT2D eigenvalue weighted by Crippen LogP contribution is -2.29. The predicted octanol–water partition coefficient (Wildman–Crippen LogP) is 2.16. The third kappa shape index (κ3) is 3.97. The van der Waals surface area contributed by atoms with Gasteiger partial charge in [-0.15, -0.1) is 0 Å². The average molecular weight is 289 g/mol. The first-order valence-corrected chi connectivity index (χ1v) is 7.43. The molecule has 1 heterocycles. The monoisotopic (exact) mass is 289 g/mol. The van der Waals surface area contributed by atoms with Crippen molar-refractivity contribution in [3.05, 3.63) is 23.8 Å². The van der Waals surface area contributed by atoms with E-state index in [-0.39, 0.29) is 11.8 Å². The number of aryl methyl sites for hydroxylation is 1. The molecule has 114 valence electrons. The van der Waals surface area contributed by atoms with Crippen molar-refractivity contribution in [3.63, 3.8) is 0 Å². The zero-order valence-corrected chi connectivity index (χ0v) is 12.7. The fourth-order valence-corrected chi connectivity index (χ4v) is 2.62. The van der Waals surface area contributed by atoms with Gasteiger partial charge in [-0.1, -0.05) is 13.3 Å². The van der Waals surface area contributed by atoms with Gasteiger partial charge in [-0.2, -0.15) is 0 Å². The number of amides is 2. The molecule has 2 amide bonds. The maximum Gasteiger partial charge on any atom is 0.226 e. The maximum atomic E-state index is 12.0. The molecular formula is C16H23N3O2. The first kappa shape index (κ1) is 15.4. The second-order valence-corrected chi connectivity index (χ2v) is 5.69. The Bertz CT molecular complexity index is 542.